The molecular weight excluding hydrogens is 611 g/mol. The van der Waals surface area contributed by atoms with Crippen LogP contribution in [0.25, 0.3) is 85.4 Å². The van der Waals surface area contributed by atoms with Crippen molar-refractivity contribution in [2.24, 2.45) is 0 Å². The summed E-state index contributed by atoms with van der Waals surface area (Å²) in [6, 6.07) is 58.0. The summed E-state index contributed by atoms with van der Waals surface area (Å²) in [5, 5.41) is 7.85. The Hall–Kier alpha value is -5.34. The van der Waals surface area contributed by atoms with E-state index in [1.165, 1.54) is 85.4 Å². The maximum absolute atomic E-state index is 2.51. The number of aromatic nitrogens is 2. The van der Waals surface area contributed by atoms with Crippen LogP contribution in [0.15, 0.2) is 158 Å². The molecule has 3 heterocycles. The van der Waals surface area contributed by atoms with Crippen LogP contribution >= 0.6 is 0 Å². The number of rotatable bonds is 3. The molecule has 0 saturated heterocycles. The Morgan fingerprint density at radius 2 is 0.956 bits per heavy atom. The van der Waals surface area contributed by atoms with Gasteiger partial charge in [-0.25, -0.2) is 0 Å². The second-order valence-electron chi connectivity index (χ2n) is 11.7. The molecular formula is C42H26N2Se. The van der Waals surface area contributed by atoms with Crippen molar-refractivity contribution >= 4 is 77.4 Å². The molecule has 0 aliphatic carbocycles. The fourth-order valence-corrected chi connectivity index (χ4v) is 10.0. The van der Waals surface area contributed by atoms with E-state index >= 15 is 0 Å². The summed E-state index contributed by atoms with van der Waals surface area (Å²) in [6.45, 7) is 0. The van der Waals surface area contributed by atoms with Crippen LogP contribution in [0.1, 0.15) is 0 Å². The molecule has 0 amide bonds. The number of para-hydroxylation sites is 3. The minimum atomic E-state index is 0.232. The van der Waals surface area contributed by atoms with E-state index in [0.29, 0.717) is 0 Å². The molecule has 0 aliphatic rings. The molecule has 0 fully saturated rings. The zero-order valence-corrected chi connectivity index (χ0v) is 26.0. The van der Waals surface area contributed by atoms with Crippen LogP contribution in [-0.4, -0.2) is 23.6 Å². The van der Waals surface area contributed by atoms with Crippen LogP contribution in [0.4, 0.5) is 0 Å². The molecule has 2 nitrogen and oxygen atoms in total. The molecule has 3 heteroatoms. The Morgan fingerprint density at radius 3 is 1.67 bits per heavy atom. The Labute approximate surface area is 265 Å². The third-order valence-corrected chi connectivity index (χ3v) is 11.9. The summed E-state index contributed by atoms with van der Waals surface area (Å²) in [7, 11) is 0. The van der Waals surface area contributed by atoms with Crippen molar-refractivity contribution in [1.29, 1.82) is 0 Å². The molecule has 10 rings (SSSR count). The van der Waals surface area contributed by atoms with Crippen molar-refractivity contribution in [3.8, 4) is 22.5 Å². The third-order valence-electron chi connectivity index (χ3n) is 9.32. The summed E-state index contributed by atoms with van der Waals surface area (Å²) in [6.07, 6.45) is 0. The van der Waals surface area contributed by atoms with E-state index in [1.54, 1.807) is 0 Å². The second kappa shape index (κ2) is 9.58. The van der Waals surface area contributed by atoms with Crippen LogP contribution in [0, 0.1) is 0 Å². The minimum absolute atomic E-state index is 0.232. The summed E-state index contributed by atoms with van der Waals surface area (Å²) in [5.41, 5.74) is 10.00. The molecule has 0 N–H and O–H groups in total. The molecule has 0 aliphatic heterocycles. The van der Waals surface area contributed by atoms with Gasteiger partial charge in [0, 0.05) is 0 Å². The van der Waals surface area contributed by atoms with Crippen molar-refractivity contribution in [2.45, 2.75) is 0 Å². The fraction of sp³-hybridized carbons (Fsp3) is 0. The first-order valence-electron chi connectivity index (χ1n) is 15.4. The van der Waals surface area contributed by atoms with Gasteiger partial charge in [0.1, 0.15) is 0 Å². The Bertz CT molecular complexity index is 2710. The Balaban J connectivity index is 1.30. The molecule has 0 saturated carbocycles. The second-order valence-corrected chi connectivity index (χ2v) is 13.9. The quantitative estimate of drug-likeness (QED) is 0.171. The molecule has 0 bridgehead atoms. The fourth-order valence-electron chi connectivity index (χ4n) is 7.40. The average molecular weight is 638 g/mol. The van der Waals surface area contributed by atoms with E-state index in [0.717, 1.165) is 0 Å². The molecule has 0 unspecified atom stereocenters. The van der Waals surface area contributed by atoms with Gasteiger partial charge in [-0.3, -0.25) is 0 Å². The number of fused-ring (bicyclic) bond motifs is 9. The molecule has 7 aromatic carbocycles. The van der Waals surface area contributed by atoms with Gasteiger partial charge >= 0.3 is 255 Å². The van der Waals surface area contributed by atoms with Crippen LogP contribution in [0.3, 0.4) is 0 Å². The van der Waals surface area contributed by atoms with E-state index in [4.69, 9.17) is 0 Å². The number of hydrogen-bond acceptors (Lipinski definition) is 0. The van der Waals surface area contributed by atoms with Crippen molar-refractivity contribution in [3.63, 3.8) is 0 Å². The molecule has 0 spiro atoms. The van der Waals surface area contributed by atoms with E-state index in [-0.39, 0.29) is 14.5 Å². The van der Waals surface area contributed by atoms with Gasteiger partial charge in [-0.2, -0.15) is 0 Å². The average Bonchev–Trinajstić information content (AvgIpc) is 3.76. The van der Waals surface area contributed by atoms with Crippen molar-refractivity contribution < 1.29 is 0 Å². The number of nitrogens with zero attached hydrogens (tertiary/aromatic N) is 2. The van der Waals surface area contributed by atoms with Crippen LogP contribution < -0.4 is 0 Å². The summed E-state index contributed by atoms with van der Waals surface area (Å²) < 4.78 is 7.85. The van der Waals surface area contributed by atoms with Crippen LogP contribution in [-0.2, 0) is 0 Å². The van der Waals surface area contributed by atoms with E-state index < -0.39 is 0 Å². The normalized spacial score (nSPS) is 12.0. The summed E-state index contributed by atoms with van der Waals surface area (Å²) in [5.74, 6) is 0. The van der Waals surface area contributed by atoms with Gasteiger partial charge in [0.2, 0.25) is 0 Å². The van der Waals surface area contributed by atoms with Crippen LogP contribution in [0.5, 0.6) is 0 Å². The summed E-state index contributed by atoms with van der Waals surface area (Å²) >= 11 is 0.232. The van der Waals surface area contributed by atoms with E-state index in [2.05, 4.69) is 167 Å². The van der Waals surface area contributed by atoms with Gasteiger partial charge < -0.3 is 0 Å². The van der Waals surface area contributed by atoms with Crippen molar-refractivity contribution in [3.05, 3.63) is 158 Å². The molecule has 0 radical (unpaired) electrons. The molecule has 10 aromatic rings. The number of benzene rings is 7. The predicted molar refractivity (Wildman–Crippen MR) is 193 cm³/mol. The van der Waals surface area contributed by atoms with E-state index in [1.807, 2.05) is 0 Å². The standard InChI is InChI=1S/C42H26N2Se/c1-2-12-27(13-3-1)29-23-25-39(41-33-17-7-11-21-40(33)45-42(29)41)44-37-20-10-6-16-32(37)34-26-28(22-24-38(34)44)43-35-18-8-4-14-30(35)31-15-5-9-19-36(31)43/h1-26H. The maximum atomic E-state index is 2.51. The Kier molecular flexibility index (Phi) is 5.33. The predicted octanol–water partition coefficient (Wildman–Crippen LogP) is 10.9. The monoisotopic (exact) mass is 638 g/mol. The molecule has 45 heavy (non-hydrogen) atoms. The van der Waals surface area contributed by atoms with Crippen LogP contribution in [0.2, 0.25) is 0 Å². The first-order valence-corrected chi connectivity index (χ1v) is 17.1. The molecule has 3 aromatic heterocycles. The molecule has 0 atom stereocenters. The van der Waals surface area contributed by atoms with Gasteiger partial charge in [0.05, 0.1) is 0 Å². The van der Waals surface area contributed by atoms with Gasteiger partial charge in [-0.05, 0) is 0 Å². The molecule has 210 valence electrons. The van der Waals surface area contributed by atoms with Gasteiger partial charge in [0.25, 0.3) is 0 Å². The SMILES string of the molecule is c1ccc(-c2ccc(-n3c4ccccc4c4cc(-n5c6ccccc6c6ccccc65)ccc43)c3c2[se]c2ccccc23)cc1. The van der Waals surface area contributed by atoms with Gasteiger partial charge in [-0.1, -0.05) is 12.1 Å². The van der Waals surface area contributed by atoms with Crippen molar-refractivity contribution in [1.82, 2.24) is 9.13 Å². The first-order chi connectivity index (χ1) is 22.3. The zero-order chi connectivity index (χ0) is 29.5. The first kappa shape index (κ1) is 25.0. The van der Waals surface area contributed by atoms with E-state index in [9.17, 15) is 0 Å². The van der Waals surface area contributed by atoms with Gasteiger partial charge in [0.15, 0.2) is 0 Å². The Morgan fingerprint density at radius 1 is 0.400 bits per heavy atom. The summed E-state index contributed by atoms with van der Waals surface area (Å²) in [4.78, 5) is 0. The number of hydrogen-bond donors (Lipinski definition) is 0. The van der Waals surface area contributed by atoms with Crippen molar-refractivity contribution in [2.75, 3.05) is 0 Å². The third kappa shape index (κ3) is 3.57. The topological polar surface area (TPSA) is 9.86 Å². The zero-order valence-electron chi connectivity index (χ0n) is 24.3. The van der Waals surface area contributed by atoms with Gasteiger partial charge in [-0.15, -0.1) is 0 Å².